The van der Waals surface area contributed by atoms with Crippen molar-refractivity contribution in [3.8, 4) is 0 Å². The Balaban J connectivity index is 2.65. The lowest BCUT2D eigenvalue weighted by atomic mass is 9.72. The third kappa shape index (κ3) is 3.71. The molecule has 0 aliphatic heterocycles. The van der Waals surface area contributed by atoms with E-state index in [1.807, 2.05) is 0 Å². The Morgan fingerprint density at radius 2 is 1.78 bits per heavy atom. The van der Waals surface area contributed by atoms with Gasteiger partial charge in [-0.3, -0.25) is 0 Å². The van der Waals surface area contributed by atoms with Crippen LogP contribution in [0, 0.1) is 11.8 Å². The molecule has 1 rings (SSSR count). The van der Waals surface area contributed by atoms with Crippen molar-refractivity contribution >= 4 is 0 Å². The summed E-state index contributed by atoms with van der Waals surface area (Å²) in [5, 5.41) is 3.56. The van der Waals surface area contributed by atoms with E-state index >= 15 is 0 Å². The summed E-state index contributed by atoms with van der Waals surface area (Å²) < 4.78 is 6.08. The fourth-order valence-corrected chi connectivity index (χ4v) is 3.71. The average molecular weight is 255 g/mol. The lowest BCUT2D eigenvalue weighted by Crippen LogP contribution is -2.54. The van der Waals surface area contributed by atoms with E-state index in [4.69, 9.17) is 4.74 Å². The minimum atomic E-state index is -0.00673. The van der Waals surface area contributed by atoms with Gasteiger partial charge in [-0.05, 0) is 52.0 Å². The summed E-state index contributed by atoms with van der Waals surface area (Å²) in [5.74, 6) is 1.76. The predicted octanol–water partition coefficient (Wildman–Crippen LogP) is 4.00. The van der Waals surface area contributed by atoms with E-state index in [1.54, 1.807) is 0 Å². The van der Waals surface area contributed by atoms with Crippen molar-refractivity contribution in [1.29, 1.82) is 0 Å². The van der Waals surface area contributed by atoms with Crippen molar-refractivity contribution in [2.75, 3.05) is 13.7 Å². The molecule has 2 nitrogen and oxygen atoms in total. The van der Waals surface area contributed by atoms with Gasteiger partial charge in [0.2, 0.25) is 0 Å². The lowest BCUT2D eigenvalue weighted by Gasteiger charge is -2.43. The topological polar surface area (TPSA) is 21.3 Å². The molecule has 0 bridgehead atoms. The highest BCUT2D eigenvalue weighted by Crippen LogP contribution is 2.37. The molecule has 0 aromatic rings. The van der Waals surface area contributed by atoms with Gasteiger partial charge in [0.15, 0.2) is 0 Å². The van der Waals surface area contributed by atoms with Gasteiger partial charge in [0.25, 0.3) is 0 Å². The number of hydrogen-bond acceptors (Lipinski definition) is 2. The molecule has 0 heterocycles. The van der Waals surface area contributed by atoms with Gasteiger partial charge in [0, 0.05) is 12.6 Å². The van der Waals surface area contributed by atoms with Crippen molar-refractivity contribution < 1.29 is 4.74 Å². The van der Waals surface area contributed by atoms with Gasteiger partial charge in [0.05, 0.1) is 5.60 Å². The molecular weight excluding hydrogens is 222 g/mol. The Morgan fingerprint density at radius 1 is 1.17 bits per heavy atom. The predicted molar refractivity (Wildman–Crippen MR) is 78.9 cm³/mol. The van der Waals surface area contributed by atoms with Crippen LogP contribution in [0.5, 0.6) is 0 Å². The van der Waals surface area contributed by atoms with Gasteiger partial charge in [-0.25, -0.2) is 0 Å². The number of likely N-dealkylation sites (N-methyl/N-ethyl adjacent to an activating group) is 1. The van der Waals surface area contributed by atoms with Crippen LogP contribution < -0.4 is 5.32 Å². The second-order valence-corrected chi connectivity index (χ2v) is 6.05. The first-order valence-electron chi connectivity index (χ1n) is 7.92. The van der Waals surface area contributed by atoms with Crippen LogP contribution >= 0.6 is 0 Å². The number of rotatable bonds is 7. The van der Waals surface area contributed by atoms with Crippen LogP contribution in [0.25, 0.3) is 0 Å². The minimum Gasteiger partial charge on any atom is -0.374 e. The summed E-state index contributed by atoms with van der Waals surface area (Å²) in [6, 6.07) is 0.500. The molecule has 2 atom stereocenters. The Labute approximate surface area is 114 Å². The standard InChI is InChI=1S/C16H33NO/c1-6-13-9-11-14(12-10-13)15(17-5)16(4,7-2)18-8-3/h13-15,17H,6-12H2,1-5H3. The third-order valence-corrected chi connectivity index (χ3v) is 5.09. The Hall–Kier alpha value is -0.0800. The lowest BCUT2D eigenvalue weighted by molar-refractivity contribution is -0.0725. The van der Waals surface area contributed by atoms with E-state index in [1.165, 1.54) is 32.1 Å². The Bertz CT molecular complexity index is 223. The summed E-state index contributed by atoms with van der Waals surface area (Å²) in [6.45, 7) is 9.78. The molecule has 1 N–H and O–H groups in total. The number of hydrogen-bond donors (Lipinski definition) is 1. The molecule has 0 radical (unpaired) electrons. The molecule has 1 saturated carbocycles. The maximum Gasteiger partial charge on any atom is 0.0806 e. The largest absolute Gasteiger partial charge is 0.374 e. The van der Waals surface area contributed by atoms with Crippen LogP contribution in [0.15, 0.2) is 0 Å². The van der Waals surface area contributed by atoms with Gasteiger partial charge in [0.1, 0.15) is 0 Å². The maximum absolute atomic E-state index is 6.08. The van der Waals surface area contributed by atoms with Crippen molar-refractivity contribution in [2.24, 2.45) is 11.8 Å². The highest BCUT2D eigenvalue weighted by Gasteiger charge is 2.38. The van der Waals surface area contributed by atoms with Crippen LogP contribution in [0.2, 0.25) is 0 Å². The van der Waals surface area contributed by atoms with E-state index in [9.17, 15) is 0 Å². The highest BCUT2D eigenvalue weighted by molar-refractivity contribution is 4.94. The minimum absolute atomic E-state index is 0.00673. The zero-order chi connectivity index (χ0) is 13.6. The second-order valence-electron chi connectivity index (χ2n) is 6.05. The molecule has 0 amide bonds. The molecule has 2 heteroatoms. The van der Waals surface area contributed by atoms with Gasteiger partial charge in [-0.15, -0.1) is 0 Å². The molecule has 0 aromatic carbocycles. The SMILES string of the molecule is CCOC(C)(CC)C(NC)C1CCC(CC)CC1. The third-order valence-electron chi connectivity index (χ3n) is 5.09. The zero-order valence-electron chi connectivity index (χ0n) is 13.1. The monoisotopic (exact) mass is 255 g/mol. The van der Waals surface area contributed by atoms with Gasteiger partial charge in [-0.2, -0.15) is 0 Å². The Morgan fingerprint density at radius 3 is 2.17 bits per heavy atom. The van der Waals surface area contributed by atoms with Crippen molar-refractivity contribution in [2.45, 2.75) is 77.9 Å². The van der Waals surface area contributed by atoms with E-state index in [-0.39, 0.29) is 5.60 Å². The first-order chi connectivity index (χ1) is 8.61. The summed E-state index contributed by atoms with van der Waals surface area (Å²) in [6.07, 6.45) is 7.99. The fraction of sp³-hybridized carbons (Fsp3) is 1.00. The van der Waals surface area contributed by atoms with Gasteiger partial charge in [-0.1, -0.05) is 33.1 Å². The highest BCUT2D eigenvalue weighted by atomic mass is 16.5. The van der Waals surface area contributed by atoms with Crippen molar-refractivity contribution in [3.05, 3.63) is 0 Å². The first kappa shape index (κ1) is 16.0. The molecule has 0 aromatic heterocycles. The molecule has 2 unspecified atom stereocenters. The molecule has 1 aliphatic carbocycles. The molecule has 108 valence electrons. The van der Waals surface area contributed by atoms with Gasteiger partial charge >= 0.3 is 0 Å². The summed E-state index contributed by atoms with van der Waals surface area (Å²) in [5.41, 5.74) is -0.00673. The molecule has 0 saturated heterocycles. The van der Waals surface area contributed by atoms with Crippen LogP contribution in [-0.2, 0) is 4.74 Å². The van der Waals surface area contributed by atoms with Gasteiger partial charge < -0.3 is 10.1 Å². The summed E-state index contributed by atoms with van der Waals surface area (Å²) in [4.78, 5) is 0. The van der Waals surface area contributed by atoms with Crippen molar-refractivity contribution in [1.82, 2.24) is 5.32 Å². The van der Waals surface area contributed by atoms with E-state index in [0.717, 1.165) is 24.9 Å². The first-order valence-corrected chi connectivity index (χ1v) is 7.92. The number of nitrogens with one attached hydrogen (secondary N) is 1. The zero-order valence-corrected chi connectivity index (χ0v) is 13.1. The molecular formula is C16H33NO. The molecule has 0 spiro atoms. The molecule has 18 heavy (non-hydrogen) atoms. The fourth-order valence-electron chi connectivity index (χ4n) is 3.71. The van der Waals surface area contributed by atoms with Crippen LogP contribution in [-0.4, -0.2) is 25.3 Å². The normalized spacial score (nSPS) is 29.8. The van der Waals surface area contributed by atoms with E-state index < -0.39 is 0 Å². The molecule has 1 aliphatic rings. The molecule has 1 fully saturated rings. The smallest absolute Gasteiger partial charge is 0.0806 e. The number of ether oxygens (including phenoxy) is 1. The van der Waals surface area contributed by atoms with Crippen LogP contribution in [0.4, 0.5) is 0 Å². The maximum atomic E-state index is 6.08. The quantitative estimate of drug-likeness (QED) is 0.742. The van der Waals surface area contributed by atoms with Crippen molar-refractivity contribution in [3.63, 3.8) is 0 Å². The van der Waals surface area contributed by atoms with E-state index in [2.05, 4.69) is 40.1 Å². The average Bonchev–Trinajstić information content (AvgIpc) is 2.40. The Kier molecular flexibility index (Phi) is 6.65. The summed E-state index contributed by atoms with van der Waals surface area (Å²) in [7, 11) is 2.10. The summed E-state index contributed by atoms with van der Waals surface area (Å²) >= 11 is 0. The van der Waals surface area contributed by atoms with Crippen LogP contribution in [0.1, 0.15) is 66.2 Å². The van der Waals surface area contributed by atoms with Crippen LogP contribution in [0.3, 0.4) is 0 Å². The van der Waals surface area contributed by atoms with E-state index in [0.29, 0.717) is 6.04 Å². The second kappa shape index (κ2) is 7.49.